The molecule has 9 atom stereocenters. The number of oxime groups is 1. The van der Waals surface area contributed by atoms with Gasteiger partial charge in [-0.05, 0) is 41.9 Å². The second kappa shape index (κ2) is 1.81. The zero-order chi connectivity index (χ0) is 9.19. The van der Waals surface area contributed by atoms with Crippen LogP contribution in [0, 0.1) is 47.3 Å². The normalized spacial score (nSPS) is 77.8. The molecular weight excluding hydrogens is 242 g/mol. The fraction of sp³-hybridized carbons (Fsp3) is 0.909. The molecular formula is C11H12BrNO. The molecule has 6 rings (SSSR count). The van der Waals surface area contributed by atoms with E-state index in [1.165, 1.54) is 12.1 Å². The average molecular weight is 254 g/mol. The Morgan fingerprint density at radius 2 is 1.86 bits per heavy atom. The number of rotatable bonds is 0. The Bertz CT molecular complexity index is 379. The Morgan fingerprint density at radius 3 is 2.57 bits per heavy atom. The quantitative estimate of drug-likeness (QED) is 0.400. The minimum atomic E-state index is 0.674. The number of hydrogen-bond acceptors (Lipinski definition) is 2. The third kappa shape index (κ3) is 0.427. The standard InChI is InChI=1S/C11H12BrNO/c12-10-6-2-1-3-4(6)9-8(10)5(2)7(3)11(9)13-14/h2-10,14H,1H2/b13-11+/t2-,3+,4-,5-,6-,7+,8+,9-,10+/m0/s1. The lowest BCUT2D eigenvalue weighted by Gasteiger charge is -2.32. The summed E-state index contributed by atoms with van der Waals surface area (Å²) < 4.78 is 0. The average Bonchev–Trinajstić information content (AvgIpc) is 2.85. The van der Waals surface area contributed by atoms with E-state index in [0.29, 0.717) is 11.8 Å². The van der Waals surface area contributed by atoms with Crippen LogP contribution in [0.2, 0.25) is 0 Å². The smallest absolute Gasteiger partial charge is 0.0644 e. The molecule has 74 valence electrons. The third-order valence-electron chi connectivity index (χ3n) is 6.16. The van der Waals surface area contributed by atoms with Gasteiger partial charge in [0.05, 0.1) is 5.71 Å². The van der Waals surface area contributed by atoms with Crippen molar-refractivity contribution in [1.82, 2.24) is 0 Å². The molecule has 0 saturated heterocycles. The van der Waals surface area contributed by atoms with Crippen LogP contribution < -0.4 is 0 Å². The fourth-order valence-electron chi connectivity index (χ4n) is 6.36. The van der Waals surface area contributed by atoms with Gasteiger partial charge in [-0.25, -0.2) is 0 Å². The van der Waals surface area contributed by atoms with Crippen LogP contribution in [-0.2, 0) is 0 Å². The molecule has 6 saturated carbocycles. The molecule has 0 unspecified atom stereocenters. The Balaban J connectivity index is 1.85. The highest BCUT2D eigenvalue weighted by atomic mass is 79.9. The third-order valence-corrected chi connectivity index (χ3v) is 7.38. The molecule has 0 radical (unpaired) electrons. The van der Waals surface area contributed by atoms with E-state index in [1.807, 2.05) is 0 Å². The Labute approximate surface area is 90.9 Å². The molecule has 6 aliphatic rings. The molecule has 2 nitrogen and oxygen atoms in total. The second-order valence-electron chi connectivity index (χ2n) is 5.89. The lowest BCUT2D eigenvalue weighted by atomic mass is 9.71. The number of nitrogens with zero attached hydrogens (tertiary/aromatic N) is 1. The number of hydrogen-bond donors (Lipinski definition) is 1. The molecule has 0 aromatic rings. The van der Waals surface area contributed by atoms with Crippen molar-refractivity contribution in [3.05, 3.63) is 0 Å². The van der Waals surface area contributed by atoms with Crippen molar-refractivity contribution in [2.24, 2.45) is 52.5 Å². The van der Waals surface area contributed by atoms with Crippen LogP contribution in [0.5, 0.6) is 0 Å². The van der Waals surface area contributed by atoms with Crippen molar-refractivity contribution < 1.29 is 5.21 Å². The minimum Gasteiger partial charge on any atom is -0.411 e. The van der Waals surface area contributed by atoms with Crippen molar-refractivity contribution in [3.63, 3.8) is 0 Å². The van der Waals surface area contributed by atoms with Crippen molar-refractivity contribution in [2.45, 2.75) is 11.2 Å². The monoisotopic (exact) mass is 253 g/mol. The van der Waals surface area contributed by atoms with Gasteiger partial charge in [-0.15, -0.1) is 0 Å². The number of halogens is 1. The first kappa shape index (κ1) is 7.26. The van der Waals surface area contributed by atoms with Gasteiger partial charge in [0.2, 0.25) is 0 Å². The highest BCUT2D eigenvalue weighted by Gasteiger charge is 2.82. The summed E-state index contributed by atoms with van der Waals surface area (Å²) in [7, 11) is 0. The summed E-state index contributed by atoms with van der Waals surface area (Å²) in [6.07, 6.45) is 1.44. The van der Waals surface area contributed by atoms with Crippen molar-refractivity contribution >= 4 is 21.6 Å². The number of alkyl halides is 1. The van der Waals surface area contributed by atoms with Crippen LogP contribution in [0.1, 0.15) is 6.42 Å². The Kier molecular flexibility index (Phi) is 0.940. The second-order valence-corrected chi connectivity index (χ2v) is 6.95. The van der Waals surface area contributed by atoms with E-state index < -0.39 is 0 Å². The van der Waals surface area contributed by atoms with Crippen LogP contribution in [-0.4, -0.2) is 15.7 Å². The maximum Gasteiger partial charge on any atom is 0.0644 e. The van der Waals surface area contributed by atoms with Crippen LogP contribution in [0.3, 0.4) is 0 Å². The van der Waals surface area contributed by atoms with Crippen LogP contribution >= 0.6 is 15.9 Å². The molecule has 14 heavy (non-hydrogen) atoms. The van der Waals surface area contributed by atoms with Gasteiger partial charge >= 0.3 is 0 Å². The van der Waals surface area contributed by atoms with E-state index in [1.54, 1.807) is 0 Å². The summed E-state index contributed by atoms with van der Waals surface area (Å²) in [6.45, 7) is 0. The topological polar surface area (TPSA) is 32.6 Å². The van der Waals surface area contributed by atoms with Gasteiger partial charge in [-0.3, -0.25) is 0 Å². The first-order valence-corrected chi connectivity index (χ1v) is 6.62. The van der Waals surface area contributed by atoms with E-state index in [0.717, 1.165) is 40.3 Å². The summed E-state index contributed by atoms with van der Waals surface area (Å²) in [5.74, 6) is 6.84. The summed E-state index contributed by atoms with van der Waals surface area (Å²) in [5.41, 5.74) is 1.20. The molecule has 0 spiro atoms. The molecule has 6 bridgehead atoms. The zero-order valence-corrected chi connectivity index (χ0v) is 9.26. The molecule has 0 aliphatic heterocycles. The van der Waals surface area contributed by atoms with Gasteiger partial charge in [-0.2, -0.15) is 0 Å². The van der Waals surface area contributed by atoms with Crippen molar-refractivity contribution in [1.29, 1.82) is 0 Å². The van der Waals surface area contributed by atoms with E-state index in [9.17, 15) is 0 Å². The van der Waals surface area contributed by atoms with E-state index in [2.05, 4.69) is 21.1 Å². The van der Waals surface area contributed by atoms with Gasteiger partial charge in [0.1, 0.15) is 0 Å². The van der Waals surface area contributed by atoms with Gasteiger partial charge in [0.25, 0.3) is 0 Å². The van der Waals surface area contributed by atoms with Crippen molar-refractivity contribution in [3.8, 4) is 0 Å². The van der Waals surface area contributed by atoms with Crippen LogP contribution in [0.4, 0.5) is 0 Å². The van der Waals surface area contributed by atoms with Crippen LogP contribution in [0.15, 0.2) is 5.16 Å². The van der Waals surface area contributed by atoms with Crippen LogP contribution in [0.25, 0.3) is 0 Å². The molecule has 0 aromatic carbocycles. The molecule has 0 amide bonds. The highest BCUT2D eigenvalue weighted by molar-refractivity contribution is 9.09. The zero-order valence-electron chi connectivity index (χ0n) is 7.68. The SMILES string of the molecule is O/N=C1\[C@@H]2[C@@H]3C[C@@H]4[C@@H]5[C@@H](Br)[C@@H]([C@@H]1[C@@H]35)[C@@H]42. The highest BCUT2D eigenvalue weighted by Crippen LogP contribution is 2.82. The van der Waals surface area contributed by atoms with E-state index in [-0.39, 0.29) is 0 Å². The summed E-state index contributed by atoms with van der Waals surface area (Å²) in [6, 6.07) is 0. The molecule has 6 aliphatic carbocycles. The molecule has 1 N–H and O–H groups in total. The maximum atomic E-state index is 9.14. The molecule has 6 fully saturated rings. The van der Waals surface area contributed by atoms with Gasteiger partial charge < -0.3 is 5.21 Å². The van der Waals surface area contributed by atoms with E-state index >= 15 is 0 Å². The van der Waals surface area contributed by atoms with Gasteiger partial charge in [0, 0.05) is 16.7 Å². The van der Waals surface area contributed by atoms with Crippen molar-refractivity contribution in [2.75, 3.05) is 0 Å². The lowest BCUT2D eigenvalue weighted by molar-refractivity contribution is 0.132. The largest absolute Gasteiger partial charge is 0.411 e. The lowest BCUT2D eigenvalue weighted by Crippen LogP contribution is -2.30. The fourth-order valence-corrected chi connectivity index (χ4v) is 7.79. The maximum absolute atomic E-state index is 9.14. The Morgan fingerprint density at radius 1 is 1.07 bits per heavy atom. The first-order chi connectivity index (χ1) is 6.84. The summed E-state index contributed by atoms with van der Waals surface area (Å²) in [5, 5.41) is 12.8. The predicted molar refractivity (Wildman–Crippen MR) is 54.5 cm³/mol. The first-order valence-electron chi connectivity index (χ1n) is 5.70. The molecule has 0 aromatic heterocycles. The Hall–Kier alpha value is -0.0500. The predicted octanol–water partition coefficient (Wildman–Crippen LogP) is 1.97. The molecule has 0 heterocycles. The van der Waals surface area contributed by atoms with E-state index in [4.69, 9.17) is 5.21 Å². The van der Waals surface area contributed by atoms with Gasteiger partial charge in [0.15, 0.2) is 0 Å². The molecule has 3 heteroatoms. The summed E-state index contributed by atoms with van der Waals surface area (Å²) in [4.78, 5) is 0.752. The minimum absolute atomic E-state index is 0.674. The van der Waals surface area contributed by atoms with Gasteiger partial charge in [-0.1, -0.05) is 21.1 Å². The summed E-state index contributed by atoms with van der Waals surface area (Å²) >= 11 is 3.91.